The zero-order valence-electron chi connectivity index (χ0n) is 11.2. The van der Waals surface area contributed by atoms with E-state index in [9.17, 15) is 18.0 Å². The second-order valence-corrected chi connectivity index (χ2v) is 4.88. The first kappa shape index (κ1) is 16.1. The molecule has 0 saturated carbocycles. The summed E-state index contributed by atoms with van der Waals surface area (Å²) in [4.78, 5) is 12.0. The molecule has 0 radical (unpaired) electrons. The predicted molar refractivity (Wildman–Crippen MR) is 80.9 cm³/mol. The van der Waals surface area contributed by atoms with Gasteiger partial charge in [-0.05, 0) is 42.0 Å². The molecule has 1 amide bonds. The van der Waals surface area contributed by atoms with Crippen molar-refractivity contribution in [2.45, 2.75) is 6.18 Å². The van der Waals surface area contributed by atoms with Gasteiger partial charge in [0.15, 0.2) is 0 Å². The molecule has 0 unspecified atom stereocenters. The van der Waals surface area contributed by atoms with Gasteiger partial charge in [-0.3, -0.25) is 4.79 Å². The van der Waals surface area contributed by atoms with Crippen LogP contribution in [0.2, 0.25) is 5.02 Å². The van der Waals surface area contributed by atoms with Gasteiger partial charge >= 0.3 is 6.18 Å². The molecule has 2 aromatic carbocycles. The second kappa shape index (κ2) is 6.23. The number of carbonyl (C=O) groups is 1. The minimum Gasteiger partial charge on any atom is -0.322 e. The van der Waals surface area contributed by atoms with E-state index >= 15 is 0 Å². The van der Waals surface area contributed by atoms with Gasteiger partial charge in [0, 0.05) is 16.3 Å². The van der Waals surface area contributed by atoms with Crippen LogP contribution in [-0.2, 0) is 6.18 Å². The maximum atomic E-state index is 12.6. The van der Waals surface area contributed by atoms with E-state index in [4.69, 9.17) is 11.6 Å². The first-order valence-electron chi connectivity index (χ1n) is 6.22. The van der Waals surface area contributed by atoms with Gasteiger partial charge in [0.2, 0.25) is 0 Å². The number of hydrogen-bond acceptors (Lipinski definition) is 1. The summed E-state index contributed by atoms with van der Waals surface area (Å²) in [5.41, 5.74) is 0.0817. The molecule has 2 rings (SSSR count). The van der Waals surface area contributed by atoms with Crippen molar-refractivity contribution in [3.63, 3.8) is 0 Å². The lowest BCUT2D eigenvalue weighted by atomic mass is 10.1. The first-order chi connectivity index (χ1) is 10.3. The van der Waals surface area contributed by atoms with E-state index in [0.717, 1.165) is 12.1 Å². The van der Waals surface area contributed by atoms with Crippen molar-refractivity contribution in [1.29, 1.82) is 0 Å². The van der Waals surface area contributed by atoms with Crippen molar-refractivity contribution in [3.8, 4) is 0 Å². The highest BCUT2D eigenvalue weighted by Gasteiger charge is 2.30. The molecule has 0 bridgehead atoms. The zero-order chi connectivity index (χ0) is 16.3. The highest BCUT2D eigenvalue weighted by Crippen LogP contribution is 2.29. The van der Waals surface area contributed by atoms with Gasteiger partial charge in [-0.1, -0.05) is 30.3 Å². The maximum Gasteiger partial charge on any atom is 0.416 e. The minimum atomic E-state index is -4.49. The number of alkyl halides is 3. The monoisotopic (exact) mass is 325 g/mol. The van der Waals surface area contributed by atoms with Crippen molar-refractivity contribution in [3.05, 3.63) is 70.8 Å². The molecule has 0 aliphatic rings. The van der Waals surface area contributed by atoms with E-state index in [-0.39, 0.29) is 5.56 Å². The van der Waals surface area contributed by atoms with Gasteiger partial charge in [0.1, 0.15) is 0 Å². The Morgan fingerprint density at radius 3 is 2.55 bits per heavy atom. The topological polar surface area (TPSA) is 29.1 Å². The summed E-state index contributed by atoms with van der Waals surface area (Å²) in [5.74, 6) is -0.636. The van der Waals surface area contributed by atoms with Gasteiger partial charge < -0.3 is 5.32 Å². The normalized spacial score (nSPS) is 11.1. The van der Waals surface area contributed by atoms with Crippen LogP contribution < -0.4 is 5.32 Å². The number of carbonyl (C=O) groups excluding carboxylic acids is 1. The van der Waals surface area contributed by atoms with Crippen LogP contribution in [0.3, 0.4) is 0 Å². The van der Waals surface area contributed by atoms with Crippen LogP contribution in [0.4, 0.5) is 18.9 Å². The summed E-state index contributed by atoms with van der Waals surface area (Å²) >= 11 is 5.91. The van der Waals surface area contributed by atoms with Crippen LogP contribution in [0.25, 0.3) is 6.08 Å². The summed E-state index contributed by atoms with van der Waals surface area (Å²) in [5, 5.41) is 2.99. The van der Waals surface area contributed by atoms with Gasteiger partial charge in [-0.15, -0.1) is 0 Å². The van der Waals surface area contributed by atoms with Crippen LogP contribution in [0.5, 0.6) is 0 Å². The fraction of sp³-hybridized carbons (Fsp3) is 0.0625. The van der Waals surface area contributed by atoms with Crippen LogP contribution in [-0.4, -0.2) is 5.91 Å². The quantitative estimate of drug-likeness (QED) is 0.820. The third kappa shape index (κ3) is 3.68. The number of anilines is 1. The average molecular weight is 326 g/mol. The molecular formula is C16H11ClF3NO. The molecule has 0 spiro atoms. The Hall–Kier alpha value is -2.27. The summed E-state index contributed by atoms with van der Waals surface area (Å²) in [7, 11) is 0. The number of halogens is 4. The largest absolute Gasteiger partial charge is 0.416 e. The number of benzene rings is 2. The van der Waals surface area contributed by atoms with Crippen molar-refractivity contribution in [1.82, 2.24) is 0 Å². The van der Waals surface area contributed by atoms with Crippen LogP contribution in [0.1, 0.15) is 21.5 Å². The molecule has 0 aliphatic carbocycles. The van der Waals surface area contributed by atoms with Gasteiger partial charge in [-0.25, -0.2) is 0 Å². The summed E-state index contributed by atoms with van der Waals surface area (Å²) in [6, 6.07) is 8.93. The molecule has 0 heterocycles. The number of hydrogen-bond donors (Lipinski definition) is 1. The standard InChI is InChI=1S/C16H11ClF3NO/c1-2-10-9-13(6-7-14(10)17)21-15(22)11-4-3-5-12(8-11)16(18,19)20/h2-9H,1H2,(H,21,22). The Labute approximate surface area is 130 Å². The van der Waals surface area contributed by atoms with E-state index in [1.165, 1.54) is 18.2 Å². The molecule has 6 heteroatoms. The number of rotatable bonds is 3. The van der Waals surface area contributed by atoms with Crippen molar-refractivity contribution < 1.29 is 18.0 Å². The van der Waals surface area contributed by atoms with Gasteiger partial charge in [0.25, 0.3) is 5.91 Å². The molecule has 22 heavy (non-hydrogen) atoms. The lowest BCUT2D eigenvalue weighted by Gasteiger charge is -2.10. The van der Waals surface area contributed by atoms with Crippen molar-refractivity contribution in [2.75, 3.05) is 5.32 Å². The Morgan fingerprint density at radius 1 is 1.18 bits per heavy atom. The summed E-state index contributed by atoms with van der Waals surface area (Å²) in [6.45, 7) is 3.59. The summed E-state index contributed by atoms with van der Waals surface area (Å²) < 4.78 is 37.9. The van der Waals surface area contributed by atoms with Gasteiger partial charge in [0.05, 0.1) is 5.56 Å². The van der Waals surface area contributed by atoms with Gasteiger partial charge in [-0.2, -0.15) is 13.2 Å². The first-order valence-corrected chi connectivity index (χ1v) is 6.59. The zero-order valence-corrected chi connectivity index (χ0v) is 12.0. The second-order valence-electron chi connectivity index (χ2n) is 4.47. The lowest BCUT2D eigenvalue weighted by Crippen LogP contribution is -2.14. The molecule has 114 valence electrons. The number of amides is 1. The van der Waals surface area contributed by atoms with Crippen molar-refractivity contribution >= 4 is 29.3 Å². The van der Waals surface area contributed by atoms with Crippen LogP contribution >= 0.6 is 11.6 Å². The Morgan fingerprint density at radius 2 is 1.91 bits per heavy atom. The Kier molecular flexibility index (Phi) is 4.56. The van der Waals surface area contributed by atoms with E-state index in [0.29, 0.717) is 16.3 Å². The molecule has 0 aromatic heterocycles. The Balaban J connectivity index is 2.24. The van der Waals surface area contributed by atoms with Crippen LogP contribution in [0.15, 0.2) is 49.0 Å². The van der Waals surface area contributed by atoms with Crippen LogP contribution in [0, 0.1) is 0 Å². The van der Waals surface area contributed by atoms with E-state index in [1.807, 2.05) is 0 Å². The maximum absolute atomic E-state index is 12.6. The highest BCUT2D eigenvalue weighted by molar-refractivity contribution is 6.32. The molecule has 0 aliphatic heterocycles. The van der Waals surface area contributed by atoms with E-state index in [1.54, 1.807) is 18.2 Å². The molecule has 0 saturated heterocycles. The minimum absolute atomic E-state index is 0.0788. The third-order valence-electron chi connectivity index (χ3n) is 2.93. The molecule has 0 atom stereocenters. The average Bonchev–Trinajstić information content (AvgIpc) is 2.48. The highest BCUT2D eigenvalue weighted by atomic mass is 35.5. The fourth-order valence-electron chi connectivity index (χ4n) is 1.82. The lowest BCUT2D eigenvalue weighted by molar-refractivity contribution is -0.137. The fourth-order valence-corrected chi connectivity index (χ4v) is 2.01. The number of nitrogens with one attached hydrogen (secondary N) is 1. The molecular weight excluding hydrogens is 315 g/mol. The summed E-state index contributed by atoms with van der Waals surface area (Å²) in [6.07, 6.45) is -2.98. The van der Waals surface area contributed by atoms with E-state index < -0.39 is 17.6 Å². The molecule has 2 aromatic rings. The molecule has 2 nitrogen and oxygen atoms in total. The smallest absolute Gasteiger partial charge is 0.322 e. The third-order valence-corrected chi connectivity index (χ3v) is 3.27. The molecule has 1 N–H and O–H groups in total. The predicted octanol–water partition coefficient (Wildman–Crippen LogP) is 5.25. The molecule has 0 fully saturated rings. The Bertz CT molecular complexity index is 726. The SMILES string of the molecule is C=Cc1cc(NC(=O)c2cccc(C(F)(F)F)c2)ccc1Cl. The van der Waals surface area contributed by atoms with Crippen molar-refractivity contribution in [2.24, 2.45) is 0 Å². The van der Waals surface area contributed by atoms with E-state index in [2.05, 4.69) is 11.9 Å².